The molecule has 2 aromatic rings. The summed E-state index contributed by atoms with van der Waals surface area (Å²) >= 11 is 5.68. The van der Waals surface area contributed by atoms with E-state index in [-0.39, 0.29) is 10.8 Å². The molecule has 0 unspecified atom stereocenters. The van der Waals surface area contributed by atoms with Gasteiger partial charge in [0.1, 0.15) is 0 Å². The molecule has 0 atom stereocenters. The van der Waals surface area contributed by atoms with Crippen molar-refractivity contribution in [3.8, 4) is 0 Å². The molecule has 0 aliphatic rings. The van der Waals surface area contributed by atoms with Crippen LogP contribution in [0.3, 0.4) is 0 Å². The zero-order chi connectivity index (χ0) is 15.9. The van der Waals surface area contributed by atoms with E-state index in [9.17, 15) is 22.8 Å². The maximum atomic E-state index is 13.1. The fourth-order valence-electron chi connectivity index (χ4n) is 2.10. The van der Waals surface area contributed by atoms with Crippen LogP contribution in [-0.2, 0) is 6.18 Å². The molecule has 2 rings (SSSR count). The molecule has 8 heteroatoms. The first-order chi connectivity index (χ1) is 9.66. The van der Waals surface area contributed by atoms with Crippen LogP contribution in [0.1, 0.15) is 26.3 Å². The van der Waals surface area contributed by atoms with Crippen molar-refractivity contribution < 1.29 is 33.0 Å². The van der Waals surface area contributed by atoms with Crippen molar-refractivity contribution in [2.75, 3.05) is 0 Å². The Labute approximate surface area is 120 Å². The van der Waals surface area contributed by atoms with Crippen LogP contribution in [0, 0.1) is 0 Å². The van der Waals surface area contributed by atoms with Crippen LogP contribution in [0.4, 0.5) is 13.2 Å². The van der Waals surface area contributed by atoms with Crippen LogP contribution < -0.4 is 0 Å². The second-order valence-corrected chi connectivity index (χ2v) is 4.47. The van der Waals surface area contributed by atoms with Crippen molar-refractivity contribution in [3.63, 3.8) is 0 Å². The topological polar surface area (TPSA) is 74.6 Å². The molecule has 0 fully saturated rings. The second kappa shape index (κ2) is 4.92. The van der Waals surface area contributed by atoms with Crippen molar-refractivity contribution in [1.82, 2.24) is 0 Å². The maximum Gasteiger partial charge on any atom is 0.418 e. The van der Waals surface area contributed by atoms with E-state index in [4.69, 9.17) is 21.8 Å². The minimum Gasteiger partial charge on any atom is -0.478 e. The van der Waals surface area contributed by atoms with E-state index >= 15 is 0 Å². The second-order valence-electron chi connectivity index (χ2n) is 4.09. The molecule has 0 bridgehead atoms. The van der Waals surface area contributed by atoms with E-state index in [1.54, 1.807) is 0 Å². The summed E-state index contributed by atoms with van der Waals surface area (Å²) in [5.41, 5.74) is -3.96. The molecular weight excluding hydrogens is 313 g/mol. The van der Waals surface area contributed by atoms with Crippen LogP contribution >= 0.6 is 11.6 Å². The molecule has 0 aliphatic heterocycles. The number of rotatable bonds is 2. The van der Waals surface area contributed by atoms with E-state index < -0.39 is 39.8 Å². The Kier molecular flexibility index (Phi) is 3.54. The number of carboxylic acids is 2. The van der Waals surface area contributed by atoms with Gasteiger partial charge in [0.05, 0.1) is 21.7 Å². The van der Waals surface area contributed by atoms with E-state index in [2.05, 4.69) is 0 Å². The number of halogens is 4. The smallest absolute Gasteiger partial charge is 0.418 e. The Hall–Kier alpha value is -2.28. The number of carboxylic acid groups (broad SMARTS) is 2. The first kappa shape index (κ1) is 15.1. The summed E-state index contributed by atoms with van der Waals surface area (Å²) in [4.78, 5) is 22.4. The minimum atomic E-state index is -5.10. The zero-order valence-electron chi connectivity index (χ0n) is 10.0. The first-order valence-electron chi connectivity index (χ1n) is 5.44. The van der Waals surface area contributed by atoms with Crippen molar-refractivity contribution in [2.45, 2.75) is 6.18 Å². The Bertz CT molecular complexity index is 768. The molecule has 0 aromatic heterocycles. The summed E-state index contributed by atoms with van der Waals surface area (Å²) in [5, 5.41) is 17.0. The van der Waals surface area contributed by atoms with E-state index in [1.165, 1.54) is 24.3 Å². The van der Waals surface area contributed by atoms with Gasteiger partial charge in [-0.25, -0.2) is 9.59 Å². The molecule has 0 radical (unpaired) electrons. The Morgan fingerprint density at radius 2 is 1.43 bits per heavy atom. The molecule has 0 heterocycles. The fraction of sp³-hybridized carbons (Fsp3) is 0.0769. The molecule has 4 nitrogen and oxygen atoms in total. The molecule has 2 N–H and O–H groups in total. The van der Waals surface area contributed by atoms with E-state index in [0.29, 0.717) is 0 Å². The van der Waals surface area contributed by atoms with Crippen molar-refractivity contribution >= 4 is 34.3 Å². The first-order valence-corrected chi connectivity index (χ1v) is 5.82. The number of aromatic carboxylic acids is 2. The largest absolute Gasteiger partial charge is 0.478 e. The number of hydrogen-bond donors (Lipinski definition) is 2. The number of alkyl halides is 3. The summed E-state index contributed by atoms with van der Waals surface area (Å²) in [7, 11) is 0. The highest BCUT2D eigenvalue weighted by Crippen LogP contribution is 2.43. The van der Waals surface area contributed by atoms with Crippen LogP contribution in [0.15, 0.2) is 24.3 Å². The SMILES string of the molecule is O=C(O)c1c(C(F)(F)F)c(Cl)c2ccccc2c1C(=O)O. The monoisotopic (exact) mass is 318 g/mol. The lowest BCUT2D eigenvalue weighted by Gasteiger charge is -2.17. The lowest BCUT2D eigenvalue weighted by Crippen LogP contribution is -2.19. The van der Waals surface area contributed by atoms with Gasteiger partial charge in [-0.3, -0.25) is 0 Å². The summed E-state index contributed by atoms with van der Waals surface area (Å²) in [5.74, 6) is -3.78. The third-order valence-corrected chi connectivity index (χ3v) is 3.26. The number of hydrogen-bond acceptors (Lipinski definition) is 2. The molecular formula is C13H6ClF3O4. The summed E-state index contributed by atoms with van der Waals surface area (Å²) in [6.45, 7) is 0. The Morgan fingerprint density at radius 1 is 0.952 bits per heavy atom. The summed E-state index contributed by atoms with van der Waals surface area (Å²) in [6.07, 6.45) is -5.10. The molecule has 0 saturated carbocycles. The van der Waals surface area contributed by atoms with Gasteiger partial charge in [0.15, 0.2) is 0 Å². The molecule has 0 aliphatic carbocycles. The predicted octanol–water partition coefficient (Wildman–Crippen LogP) is 3.91. The van der Waals surface area contributed by atoms with E-state index in [1.807, 2.05) is 0 Å². The minimum absolute atomic E-state index is 0.166. The van der Waals surface area contributed by atoms with Gasteiger partial charge in [0, 0.05) is 5.39 Å². The Morgan fingerprint density at radius 3 is 1.86 bits per heavy atom. The van der Waals surface area contributed by atoms with Crippen molar-refractivity contribution in [3.05, 3.63) is 46.0 Å². The van der Waals surface area contributed by atoms with Gasteiger partial charge in [-0.1, -0.05) is 35.9 Å². The fourth-order valence-corrected chi connectivity index (χ4v) is 2.47. The standard InChI is InChI=1S/C13H6ClF3O4/c14-10-6-4-2-1-3-5(6)7(11(18)19)8(12(20)21)9(10)13(15,16)17/h1-4H,(H,18,19)(H,20,21). The quantitative estimate of drug-likeness (QED) is 0.880. The lowest BCUT2D eigenvalue weighted by molar-refractivity contribution is -0.137. The van der Waals surface area contributed by atoms with Gasteiger partial charge >= 0.3 is 18.1 Å². The molecule has 0 spiro atoms. The zero-order valence-corrected chi connectivity index (χ0v) is 10.8. The van der Waals surface area contributed by atoms with Gasteiger partial charge in [-0.05, 0) is 5.39 Å². The summed E-state index contributed by atoms with van der Waals surface area (Å²) < 4.78 is 39.3. The van der Waals surface area contributed by atoms with Crippen LogP contribution in [0.5, 0.6) is 0 Å². The Balaban J connectivity index is 3.16. The van der Waals surface area contributed by atoms with Crippen LogP contribution in [0.2, 0.25) is 5.02 Å². The third kappa shape index (κ3) is 2.40. The van der Waals surface area contributed by atoms with Gasteiger partial charge < -0.3 is 10.2 Å². The molecule has 0 amide bonds. The van der Waals surface area contributed by atoms with Gasteiger partial charge in [0.25, 0.3) is 0 Å². The summed E-state index contributed by atoms with van der Waals surface area (Å²) in [6, 6.07) is 5.16. The van der Waals surface area contributed by atoms with Crippen LogP contribution in [-0.4, -0.2) is 22.2 Å². The number of carbonyl (C=O) groups is 2. The normalized spacial score (nSPS) is 11.6. The van der Waals surface area contributed by atoms with Gasteiger partial charge in [-0.2, -0.15) is 13.2 Å². The van der Waals surface area contributed by atoms with Gasteiger partial charge in [-0.15, -0.1) is 0 Å². The average molecular weight is 319 g/mol. The molecule has 110 valence electrons. The highest BCUT2D eigenvalue weighted by atomic mass is 35.5. The van der Waals surface area contributed by atoms with Gasteiger partial charge in [0.2, 0.25) is 0 Å². The van der Waals surface area contributed by atoms with Crippen molar-refractivity contribution in [2.24, 2.45) is 0 Å². The van der Waals surface area contributed by atoms with E-state index in [0.717, 1.165) is 0 Å². The highest BCUT2D eigenvalue weighted by Gasteiger charge is 2.41. The molecule has 0 saturated heterocycles. The predicted molar refractivity (Wildman–Crippen MR) is 67.9 cm³/mol. The maximum absolute atomic E-state index is 13.1. The number of benzene rings is 2. The van der Waals surface area contributed by atoms with Crippen molar-refractivity contribution in [1.29, 1.82) is 0 Å². The molecule has 2 aromatic carbocycles. The molecule has 21 heavy (non-hydrogen) atoms. The lowest BCUT2D eigenvalue weighted by atomic mass is 9.93. The number of fused-ring (bicyclic) bond motifs is 1. The highest BCUT2D eigenvalue weighted by molar-refractivity contribution is 6.38. The van der Waals surface area contributed by atoms with Crippen LogP contribution in [0.25, 0.3) is 10.8 Å². The third-order valence-electron chi connectivity index (χ3n) is 2.86. The average Bonchev–Trinajstić information content (AvgIpc) is 2.36.